The van der Waals surface area contributed by atoms with E-state index in [0.29, 0.717) is 33.6 Å². The maximum absolute atomic E-state index is 13.7. The number of benzene rings is 3. The molecule has 0 radical (unpaired) electrons. The van der Waals surface area contributed by atoms with E-state index in [1.807, 2.05) is 12.1 Å². The van der Waals surface area contributed by atoms with Gasteiger partial charge < -0.3 is 13.9 Å². The van der Waals surface area contributed by atoms with Crippen LogP contribution in [0, 0.1) is 5.82 Å². The van der Waals surface area contributed by atoms with Crippen molar-refractivity contribution in [1.82, 2.24) is 0 Å². The second-order valence-corrected chi connectivity index (χ2v) is 6.25. The molecule has 5 heteroatoms. The molecule has 4 nitrogen and oxygen atoms in total. The van der Waals surface area contributed by atoms with E-state index < -0.39 is 0 Å². The van der Waals surface area contributed by atoms with Crippen molar-refractivity contribution in [2.24, 2.45) is 0 Å². The molecular weight excluding hydrogens is 359 g/mol. The van der Waals surface area contributed by atoms with Crippen molar-refractivity contribution < 1.29 is 18.3 Å². The largest absolute Gasteiger partial charge is 0.497 e. The molecule has 0 aliphatic rings. The first-order valence-electron chi connectivity index (χ1n) is 8.72. The Kier molecular flexibility index (Phi) is 4.81. The highest BCUT2D eigenvalue weighted by Crippen LogP contribution is 2.25. The molecule has 0 bridgehead atoms. The van der Waals surface area contributed by atoms with Gasteiger partial charge in [-0.3, -0.25) is 4.79 Å². The smallest absolute Gasteiger partial charge is 0.200 e. The molecule has 0 saturated heterocycles. The third-order valence-corrected chi connectivity index (χ3v) is 4.50. The second kappa shape index (κ2) is 7.56. The summed E-state index contributed by atoms with van der Waals surface area (Å²) in [5.41, 5.74) is 1.95. The monoisotopic (exact) mass is 376 g/mol. The van der Waals surface area contributed by atoms with Crippen LogP contribution < -0.4 is 14.9 Å². The molecule has 4 aromatic rings. The minimum absolute atomic E-state index is 0.0896. The van der Waals surface area contributed by atoms with Crippen molar-refractivity contribution in [3.63, 3.8) is 0 Å². The number of hydrogen-bond donors (Lipinski definition) is 0. The first-order chi connectivity index (χ1) is 13.7. The molecular formula is C23H17FO4. The molecule has 0 atom stereocenters. The lowest BCUT2D eigenvalue weighted by molar-refractivity contribution is 0.300. The zero-order valence-electron chi connectivity index (χ0n) is 15.1. The van der Waals surface area contributed by atoms with E-state index in [-0.39, 0.29) is 17.9 Å². The highest BCUT2D eigenvalue weighted by Gasteiger charge is 2.11. The molecule has 0 spiro atoms. The van der Waals surface area contributed by atoms with Gasteiger partial charge in [-0.05, 0) is 35.9 Å². The molecule has 1 heterocycles. The van der Waals surface area contributed by atoms with Crippen molar-refractivity contribution in [2.45, 2.75) is 6.61 Å². The van der Waals surface area contributed by atoms with E-state index in [4.69, 9.17) is 13.9 Å². The Morgan fingerprint density at radius 1 is 0.964 bits per heavy atom. The van der Waals surface area contributed by atoms with Gasteiger partial charge in [0.05, 0.1) is 18.1 Å². The number of fused-ring (bicyclic) bond motifs is 1. The van der Waals surface area contributed by atoms with Gasteiger partial charge in [0, 0.05) is 11.6 Å². The van der Waals surface area contributed by atoms with Crippen LogP contribution in [-0.4, -0.2) is 7.11 Å². The highest BCUT2D eigenvalue weighted by atomic mass is 19.1. The normalized spacial score (nSPS) is 10.8. The summed E-state index contributed by atoms with van der Waals surface area (Å²) in [4.78, 5) is 12.8. The summed E-state index contributed by atoms with van der Waals surface area (Å²) in [5, 5.41) is 0.451. The topological polar surface area (TPSA) is 48.7 Å². The van der Waals surface area contributed by atoms with Crippen LogP contribution in [0.4, 0.5) is 4.39 Å². The average Bonchev–Trinajstić information content (AvgIpc) is 2.73. The molecule has 0 aliphatic heterocycles. The van der Waals surface area contributed by atoms with E-state index in [1.54, 1.807) is 55.6 Å². The van der Waals surface area contributed by atoms with Crippen LogP contribution in [0.15, 0.2) is 82.2 Å². The van der Waals surface area contributed by atoms with Crippen LogP contribution in [0.25, 0.3) is 22.1 Å². The summed E-state index contributed by atoms with van der Waals surface area (Å²) in [7, 11) is 1.59. The summed E-state index contributed by atoms with van der Waals surface area (Å²) in [6.45, 7) is 0.0896. The number of rotatable bonds is 5. The lowest BCUT2D eigenvalue weighted by Crippen LogP contribution is -2.05. The van der Waals surface area contributed by atoms with Gasteiger partial charge in [0.25, 0.3) is 0 Å². The van der Waals surface area contributed by atoms with Crippen molar-refractivity contribution in [1.29, 1.82) is 0 Å². The zero-order chi connectivity index (χ0) is 19.5. The standard InChI is InChI=1S/C23H17FO4/c1-26-17-8-6-15(7-9-17)20-14-28-22-12-18(10-11-19(22)23(20)25)27-13-16-4-2-3-5-21(16)24/h2-12,14H,13H2,1H3. The van der Waals surface area contributed by atoms with Gasteiger partial charge >= 0.3 is 0 Å². The number of hydrogen-bond acceptors (Lipinski definition) is 4. The van der Waals surface area contributed by atoms with Crippen LogP contribution in [0.2, 0.25) is 0 Å². The number of halogens is 1. The Morgan fingerprint density at radius 3 is 2.46 bits per heavy atom. The first kappa shape index (κ1) is 17.8. The lowest BCUT2D eigenvalue weighted by atomic mass is 10.1. The van der Waals surface area contributed by atoms with Crippen LogP contribution >= 0.6 is 0 Å². The van der Waals surface area contributed by atoms with E-state index >= 15 is 0 Å². The SMILES string of the molecule is COc1ccc(-c2coc3cc(OCc4ccccc4F)ccc3c2=O)cc1. The van der Waals surface area contributed by atoms with Gasteiger partial charge in [0.2, 0.25) is 0 Å². The summed E-state index contributed by atoms with van der Waals surface area (Å²) >= 11 is 0. The highest BCUT2D eigenvalue weighted by molar-refractivity contribution is 5.82. The second-order valence-electron chi connectivity index (χ2n) is 6.25. The fourth-order valence-corrected chi connectivity index (χ4v) is 2.94. The third kappa shape index (κ3) is 3.47. The van der Waals surface area contributed by atoms with Gasteiger partial charge in [0.1, 0.15) is 35.8 Å². The summed E-state index contributed by atoms with van der Waals surface area (Å²) in [6.07, 6.45) is 1.44. The Labute approximate surface area is 160 Å². The van der Waals surface area contributed by atoms with Crippen LogP contribution in [0.5, 0.6) is 11.5 Å². The van der Waals surface area contributed by atoms with Gasteiger partial charge in [-0.15, -0.1) is 0 Å². The molecule has 140 valence electrons. The molecule has 0 amide bonds. The predicted octanol–water partition coefficient (Wildman–Crippen LogP) is 5.19. The zero-order valence-corrected chi connectivity index (χ0v) is 15.1. The Morgan fingerprint density at radius 2 is 1.71 bits per heavy atom. The molecule has 3 aromatic carbocycles. The molecule has 0 saturated carbocycles. The lowest BCUT2D eigenvalue weighted by Gasteiger charge is -2.08. The van der Waals surface area contributed by atoms with Gasteiger partial charge in [-0.1, -0.05) is 30.3 Å². The molecule has 0 N–H and O–H groups in total. The summed E-state index contributed by atoms with van der Waals surface area (Å²) in [6, 6.07) is 18.6. The fraction of sp³-hybridized carbons (Fsp3) is 0.0870. The third-order valence-electron chi connectivity index (χ3n) is 4.50. The average molecular weight is 376 g/mol. The Balaban J connectivity index is 1.62. The summed E-state index contributed by atoms with van der Waals surface area (Å²) < 4.78 is 30.2. The maximum atomic E-state index is 13.7. The van der Waals surface area contributed by atoms with Gasteiger partial charge in [-0.2, -0.15) is 0 Å². The van der Waals surface area contributed by atoms with Gasteiger partial charge in [-0.25, -0.2) is 4.39 Å². The van der Waals surface area contributed by atoms with Crippen molar-refractivity contribution in [3.05, 3.63) is 94.6 Å². The van der Waals surface area contributed by atoms with Crippen molar-refractivity contribution >= 4 is 11.0 Å². The summed E-state index contributed by atoms with van der Waals surface area (Å²) in [5.74, 6) is 0.889. The molecule has 0 unspecified atom stereocenters. The van der Waals surface area contributed by atoms with Crippen LogP contribution in [-0.2, 0) is 6.61 Å². The minimum Gasteiger partial charge on any atom is -0.497 e. The molecule has 1 aromatic heterocycles. The Bertz CT molecular complexity index is 1180. The Hall–Kier alpha value is -3.60. The van der Waals surface area contributed by atoms with E-state index in [9.17, 15) is 9.18 Å². The van der Waals surface area contributed by atoms with Crippen molar-refractivity contribution in [3.8, 4) is 22.6 Å². The van der Waals surface area contributed by atoms with Gasteiger partial charge in [0.15, 0.2) is 5.43 Å². The predicted molar refractivity (Wildman–Crippen MR) is 105 cm³/mol. The van der Waals surface area contributed by atoms with Crippen molar-refractivity contribution in [2.75, 3.05) is 7.11 Å². The molecule has 28 heavy (non-hydrogen) atoms. The first-order valence-corrected chi connectivity index (χ1v) is 8.72. The van der Waals surface area contributed by atoms with Crippen LogP contribution in [0.3, 0.4) is 0 Å². The van der Waals surface area contributed by atoms with E-state index in [0.717, 1.165) is 5.56 Å². The number of ether oxygens (including phenoxy) is 2. The quantitative estimate of drug-likeness (QED) is 0.481. The molecule has 0 aliphatic carbocycles. The number of methoxy groups -OCH3 is 1. The molecule has 4 rings (SSSR count). The van der Waals surface area contributed by atoms with E-state index in [1.165, 1.54) is 12.3 Å². The minimum atomic E-state index is -0.320. The van der Waals surface area contributed by atoms with E-state index in [2.05, 4.69) is 0 Å². The fourth-order valence-electron chi connectivity index (χ4n) is 2.94. The maximum Gasteiger partial charge on any atom is 0.200 e. The van der Waals surface area contributed by atoms with Crippen LogP contribution in [0.1, 0.15) is 5.56 Å². The molecule has 0 fully saturated rings.